The number of nitrogens with two attached hydrogens (primary N) is 1. The third kappa shape index (κ3) is 6.06. The number of halogens is 1. The highest BCUT2D eigenvalue weighted by Gasteiger charge is 2.27. The third-order valence-corrected chi connectivity index (χ3v) is 4.22. The Kier molecular flexibility index (Phi) is 6.52. The number of aromatic nitrogens is 1. The number of benzene rings is 1. The minimum atomic E-state index is -1.26. The molecule has 0 saturated heterocycles. The summed E-state index contributed by atoms with van der Waals surface area (Å²) in [5.74, 6) is 0.386. The van der Waals surface area contributed by atoms with E-state index in [9.17, 15) is 9.50 Å². The molecular formula is C19H27FN2O2. The Morgan fingerprint density at radius 1 is 1.29 bits per heavy atom. The van der Waals surface area contributed by atoms with Crippen LogP contribution in [-0.2, 0) is 6.42 Å². The van der Waals surface area contributed by atoms with Crippen LogP contribution in [0.5, 0.6) is 0 Å². The van der Waals surface area contributed by atoms with Gasteiger partial charge in [0.25, 0.3) is 0 Å². The fourth-order valence-corrected chi connectivity index (χ4v) is 2.78. The van der Waals surface area contributed by atoms with Crippen molar-refractivity contribution in [2.45, 2.75) is 63.3 Å². The Bertz CT molecular complexity index is 581. The Morgan fingerprint density at radius 2 is 2.00 bits per heavy atom. The molecule has 0 amide bonds. The second kappa shape index (κ2) is 8.40. The standard InChI is InChI=1S/C19H27FN2O2/c1-19(2,20)9-8-15(18-22-10-11-24-18)13-17(23)16(21)12-14-6-4-3-5-7-14/h3-7,10-11,15-17,23H,8-9,12-13,21H2,1-2H3. The molecule has 0 aliphatic carbocycles. The lowest BCUT2D eigenvalue weighted by Crippen LogP contribution is -2.37. The highest BCUT2D eigenvalue weighted by atomic mass is 19.1. The Labute approximate surface area is 142 Å². The fraction of sp³-hybridized carbons (Fsp3) is 0.526. The van der Waals surface area contributed by atoms with Crippen molar-refractivity contribution in [2.24, 2.45) is 5.73 Å². The molecule has 0 radical (unpaired) electrons. The van der Waals surface area contributed by atoms with Gasteiger partial charge in [-0.05, 0) is 45.1 Å². The van der Waals surface area contributed by atoms with Gasteiger partial charge < -0.3 is 15.3 Å². The summed E-state index contributed by atoms with van der Waals surface area (Å²) in [7, 11) is 0. The molecule has 0 aliphatic heterocycles. The topological polar surface area (TPSA) is 72.3 Å². The lowest BCUT2D eigenvalue weighted by molar-refractivity contribution is 0.114. The molecule has 0 spiro atoms. The van der Waals surface area contributed by atoms with Crippen LogP contribution in [-0.4, -0.2) is 27.9 Å². The lowest BCUT2D eigenvalue weighted by atomic mass is 9.88. The molecule has 3 unspecified atom stereocenters. The van der Waals surface area contributed by atoms with E-state index in [-0.39, 0.29) is 12.0 Å². The molecule has 0 fully saturated rings. The van der Waals surface area contributed by atoms with Crippen molar-refractivity contribution in [1.82, 2.24) is 4.98 Å². The average molecular weight is 334 g/mol. The molecule has 0 aliphatic rings. The van der Waals surface area contributed by atoms with Crippen LogP contribution in [0.1, 0.15) is 50.5 Å². The Hall–Kier alpha value is -1.72. The molecule has 2 rings (SSSR count). The van der Waals surface area contributed by atoms with Crippen LogP contribution in [0.2, 0.25) is 0 Å². The lowest BCUT2D eigenvalue weighted by Gasteiger charge is -2.24. The summed E-state index contributed by atoms with van der Waals surface area (Å²) in [6.07, 6.45) is 4.29. The van der Waals surface area contributed by atoms with Crippen molar-refractivity contribution in [3.63, 3.8) is 0 Å². The van der Waals surface area contributed by atoms with Gasteiger partial charge >= 0.3 is 0 Å². The maximum Gasteiger partial charge on any atom is 0.197 e. The SMILES string of the molecule is CC(C)(F)CCC(CC(O)C(N)Cc1ccccc1)c1ncco1. The summed E-state index contributed by atoms with van der Waals surface area (Å²) in [4.78, 5) is 4.17. The van der Waals surface area contributed by atoms with Crippen LogP contribution < -0.4 is 5.73 Å². The van der Waals surface area contributed by atoms with Crippen molar-refractivity contribution in [3.05, 3.63) is 54.2 Å². The molecule has 1 aromatic carbocycles. The van der Waals surface area contributed by atoms with E-state index < -0.39 is 11.8 Å². The number of rotatable bonds is 9. The predicted molar refractivity (Wildman–Crippen MR) is 92.4 cm³/mol. The molecule has 132 valence electrons. The van der Waals surface area contributed by atoms with Gasteiger partial charge in [-0.1, -0.05) is 30.3 Å². The molecule has 0 saturated carbocycles. The third-order valence-electron chi connectivity index (χ3n) is 4.22. The first-order valence-corrected chi connectivity index (χ1v) is 8.41. The van der Waals surface area contributed by atoms with Gasteiger partial charge in [-0.2, -0.15) is 0 Å². The van der Waals surface area contributed by atoms with Gasteiger partial charge in [0.1, 0.15) is 11.9 Å². The molecule has 4 nitrogen and oxygen atoms in total. The summed E-state index contributed by atoms with van der Waals surface area (Å²) < 4.78 is 19.2. The first-order chi connectivity index (χ1) is 11.3. The van der Waals surface area contributed by atoms with Crippen molar-refractivity contribution in [1.29, 1.82) is 0 Å². The molecule has 1 heterocycles. The van der Waals surface area contributed by atoms with E-state index in [0.717, 1.165) is 5.56 Å². The predicted octanol–water partition coefficient (Wildman–Crippen LogP) is 3.61. The number of oxazole rings is 1. The van der Waals surface area contributed by atoms with E-state index in [1.54, 1.807) is 20.0 Å². The average Bonchev–Trinajstić information content (AvgIpc) is 3.05. The molecule has 3 N–H and O–H groups in total. The van der Waals surface area contributed by atoms with Crippen LogP contribution in [0.4, 0.5) is 4.39 Å². The van der Waals surface area contributed by atoms with E-state index in [1.165, 1.54) is 6.26 Å². The smallest absolute Gasteiger partial charge is 0.197 e. The Morgan fingerprint density at radius 3 is 2.58 bits per heavy atom. The summed E-state index contributed by atoms with van der Waals surface area (Å²) in [6, 6.07) is 9.44. The van der Waals surface area contributed by atoms with Crippen LogP contribution in [0.15, 0.2) is 47.2 Å². The monoisotopic (exact) mass is 334 g/mol. The van der Waals surface area contributed by atoms with Crippen molar-refractivity contribution >= 4 is 0 Å². The Balaban J connectivity index is 1.97. The number of hydrogen-bond donors (Lipinski definition) is 2. The van der Waals surface area contributed by atoms with Crippen LogP contribution >= 0.6 is 0 Å². The number of hydrogen-bond acceptors (Lipinski definition) is 4. The van der Waals surface area contributed by atoms with Gasteiger partial charge in [0.05, 0.1) is 12.3 Å². The minimum Gasteiger partial charge on any atom is -0.449 e. The fourth-order valence-electron chi connectivity index (χ4n) is 2.78. The van der Waals surface area contributed by atoms with Gasteiger partial charge in [0, 0.05) is 12.0 Å². The first kappa shape index (κ1) is 18.6. The summed E-state index contributed by atoms with van der Waals surface area (Å²) in [5.41, 5.74) is 5.98. The zero-order valence-corrected chi connectivity index (χ0v) is 14.4. The maximum absolute atomic E-state index is 13.8. The van der Waals surface area contributed by atoms with Crippen molar-refractivity contribution < 1.29 is 13.9 Å². The van der Waals surface area contributed by atoms with E-state index >= 15 is 0 Å². The molecule has 3 atom stereocenters. The van der Waals surface area contributed by atoms with E-state index in [0.29, 0.717) is 31.6 Å². The van der Waals surface area contributed by atoms with E-state index in [1.807, 2.05) is 30.3 Å². The quantitative estimate of drug-likeness (QED) is 0.735. The number of aliphatic hydroxyl groups is 1. The molecule has 1 aromatic heterocycles. The molecule has 5 heteroatoms. The van der Waals surface area contributed by atoms with Gasteiger partial charge in [0.2, 0.25) is 0 Å². The molecule has 24 heavy (non-hydrogen) atoms. The normalized spacial score (nSPS) is 15.9. The van der Waals surface area contributed by atoms with Crippen molar-refractivity contribution in [3.8, 4) is 0 Å². The molecule has 2 aromatic rings. The second-order valence-electron chi connectivity index (χ2n) is 6.98. The summed E-state index contributed by atoms with van der Waals surface area (Å²) in [6.45, 7) is 3.11. The first-order valence-electron chi connectivity index (χ1n) is 8.41. The van der Waals surface area contributed by atoms with E-state index in [4.69, 9.17) is 10.2 Å². The summed E-state index contributed by atoms with van der Waals surface area (Å²) in [5, 5.41) is 10.5. The van der Waals surface area contributed by atoms with Gasteiger partial charge in [-0.25, -0.2) is 9.37 Å². The van der Waals surface area contributed by atoms with Crippen LogP contribution in [0.25, 0.3) is 0 Å². The van der Waals surface area contributed by atoms with Crippen molar-refractivity contribution in [2.75, 3.05) is 0 Å². The molecular weight excluding hydrogens is 307 g/mol. The maximum atomic E-state index is 13.8. The van der Waals surface area contributed by atoms with Crippen LogP contribution in [0.3, 0.4) is 0 Å². The van der Waals surface area contributed by atoms with E-state index in [2.05, 4.69) is 4.98 Å². The van der Waals surface area contributed by atoms with Gasteiger partial charge in [-0.15, -0.1) is 0 Å². The van der Waals surface area contributed by atoms with Gasteiger partial charge in [0.15, 0.2) is 5.89 Å². The zero-order chi connectivity index (χ0) is 17.6. The minimum absolute atomic E-state index is 0.146. The zero-order valence-electron chi connectivity index (χ0n) is 14.4. The summed E-state index contributed by atoms with van der Waals surface area (Å²) >= 11 is 0. The van der Waals surface area contributed by atoms with Gasteiger partial charge in [-0.3, -0.25) is 0 Å². The second-order valence-corrected chi connectivity index (χ2v) is 6.98. The number of alkyl halides is 1. The largest absolute Gasteiger partial charge is 0.449 e. The van der Waals surface area contributed by atoms with Crippen LogP contribution in [0, 0.1) is 0 Å². The highest BCUT2D eigenvalue weighted by Crippen LogP contribution is 2.30. The highest BCUT2D eigenvalue weighted by molar-refractivity contribution is 5.16. The molecule has 0 bridgehead atoms. The number of nitrogens with zero attached hydrogens (tertiary/aromatic N) is 1. The number of aliphatic hydroxyl groups excluding tert-OH is 1.